The minimum Gasteiger partial charge on any atom is -0.384 e. The lowest BCUT2D eigenvalue weighted by atomic mass is 10.0. The smallest absolute Gasteiger partial charge is 0.254 e. The zero-order valence-electron chi connectivity index (χ0n) is 9.76. The third kappa shape index (κ3) is 2.89. The molecular weight excluding hydrogens is 192 g/mol. The molecule has 1 aromatic heterocycles. The van der Waals surface area contributed by atoms with Gasteiger partial charge >= 0.3 is 0 Å². The Labute approximate surface area is 89.7 Å². The van der Waals surface area contributed by atoms with Crippen LogP contribution >= 0.6 is 0 Å². The molecule has 0 spiro atoms. The van der Waals surface area contributed by atoms with Gasteiger partial charge in [-0.25, -0.2) is 4.98 Å². The van der Waals surface area contributed by atoms with Crippen molar-refractivity contribution in [3.63, 3.8) is 0 Å². The molecule has 1 rings (SSSR count). The van der Waals surface area contributed by atoms with Crippen LogP contribution in [0.2, 0.25) is 0 Å². The maximum Gasteiger partial charge on any atom is 0.254 e. The number of rotatable bonds is 4. The molecule has 0 aromatic carbocycles. The highest BCUT2D eigenvalue weighted by atomic mass is 16.5. The summed E-state index contributed by atoms with van der Waals surface area (Å²) >= 11 is 0. The normalized spacial score (nSPS) is 11.0. The molecule has 0 saturated heterocycles. The van der Waals surface area contributed by atoms with Crippen molar-refractivity contribution in [2.45, 2.75) is 33.1 Å². The minimum atomic E-state index is -0.0244. The summed E-state index contributed by atoms with van der Waals surface area (Å²) in [5.74, 6) is 0.904. The third-order valence-electron chi connectivity index (χ3n) is 2.32. The van der Waals surface area contributed by atoms with Crippen molar-refractivity contribution >= 4 is 0 Å². The number of nitrogens with zero attached hydrogens (tertiary/aromatic N) is 1. The van der Waals surface area contributed by atoms with Crippen LogP contribution in [-0.2, 0) is 11.2 Å². The quantitative estimate of drug-likeness (QED) is 0.817. The Bertz CT molecular complexity index is 383. The number of methoxy groups -OCH3 is 1. The molecule has 0 aliphatic carbocycles. The molecule has 1 N–H and O–H groups in total. The second-order valence-electron chi connectivity index (χ2n) is 3.91. The fraction of sp³-hybridized carbons (Fsp3) is 0.636. The molecule has 0 unspecified atom stereocenters. The van der Waals surface area contributed by atoms with E-state index in [0.717, 1.165) is 11.3 Å². The Kier molecular flexibility index (Phi) is 4.03. The molecule has 15 heavy (non-hydrogen) atoms. The van der Waals surface area contributed by atoms with Crippen molar-refractivity contribution in [1.82, 2.24) is 9.97 Å². The highest BCUT2D eigenvalue weighted by Crippen LogP contribution is 2.12. The predicted octanol–water partition coefficient (Wildman–Crippen LogP) is 1.39. The Morgan fingerprint density at radius 1 is 1.47 bits per heavy atom. The fourth-order valence-electron chi connectivity index (χ4n) is 1.65. The van der Waals surface area contributed by atoms with Crippen LogP contribution in [0.1, 0.15) is 36.8 Å². The topological polar surface area (TPSA) is 55.0 Å². The van der Waals surface area contributed by atoms with Gasteiger partial charge in [0.2, 0.25) is 0 Å². The number of ether oxygens (including phenoxy) is 1. The number of H-pyrrole nitrogens is 1. The van der Waals surface area contributed by atoms with Crippen molar-refractivity contribution in [2.24, 2.45) is 0 Å². The first-order valence-corrected chi connectivity index (χ1v) is 5.15. The van der Waals surface area contributed by atoms with Crippen molar-refractivity contribution in [3.05, 3.63) is 27.4 Å². The zero-order chi connectivity index (χ0) is 11.4. The summed E-state index contributed by atoms with van der Waals surface area (Å²) in [4.78, 5) is 18.9. The molecule has 0 radical (unpaired) electrons. The van der Waals surface area contributed by atoms with Gasteiger partial charge in [0.1, 0.15) is 5.82 Å². The van der Waals surface area contributed by atoms with Crippen LogP contribution in [0.25, 0.3) is 0 Å². The van der Waals surface area contributed by atoms with Gasteiger partial charge in [-0.3, -0.25) is 4.79 Å². The number of nitrogens with one attached hydrogen (secondary N) is 1. The molecule has 4 heteroatoms. The molecule has 1 aromatic rings. The predicted molar refractivity (Wildman–Crippen MR) is 59.3 cm³/mol. The molecule has 0 fully saturated rings. The summed E-state index contributed by atoms with van der Waals surface area (Å²) in [5.41, 5.74) is 1.57. The molecule has 84 valence electrons. The average molecular weight is 210 g/mol. The van der Waals surface area contributed by atoms with Gasteiger partial charge in [0.25, 0.3) is 5.56 Å². The summed E-state index contributed by atoms with van der Waals surface area (Å²) in [6.45, 7) is 6.44. The molecule has 1 heterocycles. The molecule has 4 nitrogen and oxygen atoms in total. The van der Waals surface area contributed by atoms with Crippen LogP contribution in [0, 0.1) is 6.92 Å². The van der Waals surface area contributed by atoms with Gasteiger partial charge in [-0.1, -0.05) is 13.8 Å². The van der Waals surface area contributed by atoms with E-state index in [1.54, 1.807) is 7.11 Å². The number of hydrogen-bond acceptors (Lipinski definition) is 3. The maximum atomic E-state index is 11.7. The largest absolute Gasteiger partial charge is 0.384 e. The summed E-state index contributed by atoms with van der Waals surface area (Å²) in [6, 6.07) is 0. The molecule has 0 aliphatic heterocycles. The van der Waals surface area contributed by atoms with Crippen molar-refractivity contribution in [2.75, 3.05) is 13.7 Å². The van der Waals surface area contributed by atoms with Crippen LogP contribution in [-0.4, -0.2) is 23.7 Å². The van der Waals surface area contributed by atoms with Crippen LogP contribution < -0.4 is 5.56 Å². The minimum absolute atomic E-state index is 0.0244. The number of aromatic nitrogens is 2. The van der Waals surface area contributed by atoms with Gasteiger partial charge in [0, 0.05) is 24.8 Å². The lowest BCUT2D eigenvalue weighted by molar-refractivity contribution is 0.200. The molecular formula is C11H18N2O2. The Hall–Kier alpha value is -1.16. The van der Waals surface area contributed by atoms with E-state index in [2.05, 4.69) is 9.97 Å². The van der Waals surface area contributed by atoms with Gasteiger partial charge in [-0.2, -0.15) is 0 Å². The first-order chi connectivity index (χ1) is 7.06. The van der Waals surface area contributed by atoms with Gasteiger partial charge in [-0.05, 0) is 12.8 Å². The standard InChI is InChI=1S/C11H18N2O2/c1-7(2)10-8(3)12-9(5-6-15-4)13-11(10)14/h7H,5-6H2,1-4H3,(H,12,13,14). The summed E-state index contributed by atoms with van der Waals surface area (Å²) in [5, 5.41) is 0. The van der Waals surface area contributed by atoms with Crippen molar-refractivity contribution < 1.29 is 4.74 Å². The summed E-state index contributed by atoms with van der Waals surface area (Å²) in [6.07, 6.45) is 0.644. The lowest BCUT2D eigenvalue weighted by Gasteiger charge is -2.09. The van der Waals surface area contributed by atoms with Crippen molar-refractivity contribution in [1.29, 1.82) is 0 Å². The Morgan fingerprint density at radius 2 is 2.13 bits per heavy atom. The second-order valence-corrected chi connectivity index (χ2v) is 3.91. The fourth-order valence-corrected chi connectivity index (χ4v) is 1.65. The van der Waals surface area contributed by atoms with E-state index in [4.69, 9.17) is 4.74 Å². The zero-order valence-corrected chi connectivity index (χ0v) is 9.76. The van der Waals surface area contributed by atoms with Crippen LogP contribution in [0.5, 0.6) is 0 Å². The molecule has 0 aliphatic rings. The van der Waals surface area contributed by atoms with E-state index in [0.29, 0.717) is 18.9 Å². The molecule has 0 bridgehead atoms. The Balaban J connectivity index is 3.03. The summed E-state index contributed by atoms with van der Waals surface area (Å²) < 4.78 is 4.94. The van der Waals surface area contributed by atoms with Gasteiger partial charge < -0.3 is 9.72 Å². The monoisotopic (exact) mass is 210 g/mol. The number of aromatic amines is 1. The van der Waals surface area contributed by atoms with Gasteiger partial charge in [0.05, 0.1) is 6.61 Å². The van der Waals surface area contributed by atoms with Crippen molar-refractivity contribution in [3.8, 4) is 0 Å². The highest BCUT2D eigenvalue weighted by Gasteiger charge is 2.10. The van der Waals surface area contributed by atoms with E-state index in [-0.39, 0.29) is 11.5 Å². The molecule has 0 saturated carbocycles. The molecule has 0 amide bonds. The lowest BCUT2D eigenvalue weighted by Crippen LogP contribution is -2.20. The summed E-state index contributed by atoms with van der Waals surface area (Å²) in [7, 11) is 1.63. The van der Waals surface area contributed by atoms with E-state index in [1.807, 2.05) is 20.8 Å². The number of hydrogen-bond donors (Lipinski definition) is 1. The highest BCUT2D eigenvalue weighted by molar-refractivity contribution is 5.20. The van der Waals surface area contributed by atoms with Gasteiger partial charge in [0.15, 0.2) is 0 Å². The van der Waals surface area contributed by atoms with Crippen LogP contribution in [0.3, 0.4) is 0 Å². The SMILES string of the molecule is COCCc1nc(C)c(C(C)C)c(=O)[nH]1. The Morgan fingerprint density at radius 3 is 2.60 bits per heavy atom. The van der Waals surface area contributed by atoms with E-state index in [1.165, 1.54) is 0 Å². The van der Waals surface area contributed by atoms with Crippen LogP contribution in [0.4, 0.5) is 0 Å². The van der Waals surface area contributed by atoms with Crippen LogP contribution in [0.15, 0.2) is 4.79 Å². The maximum absolute atomic E-state index is 11.7. The van der Waals surface area contributed by atoms with E-state index >= 15 is 0 Å². The third-order valence-corrected chi connectivity index (χ3v) is 2.32. The first-order valence-electron chi connectivity index (χ1n) is 5.15. The van der Waals surface area contributed by atoms with Gasteiger partial charge in [-0.15, -0.1) is 0 Å². The van der Waals surface area contributed by atoms with E-state index in [9.17, 15) is 4.79 Å². The average Bonchev–Trinajstić information content (AvgIpc) is 2.12. The number of aryl methyl sites for hydroxylation is 1. The van der Waals surface area contributed by atoms with E-state index < -0.39 is 0 Å². The first kappa shape index (κ1) is 11.9. The molecule has 0 atom stereocenters. The second kappa shape index (κ2) is 5.07.